The Morgan fingerprint density at radius 2 is 2.14 bits per heavy atom. The summed E-state index contributed by atoms with van der Waals surface area (Å²) in [6.07, 6.45) is 1.74. The second kappa shape index (κ2) is 7.31. The van der Waals surface area contributed by atoms with Crippen molar-refractivity contribution in [3.05, 3.63) is 29.8 Å². The molecule has 1 N–H and O–H groups in total. The fourth-order valence-electron chi connectivity index (χ4n) is 2.29. The van der Waals surface area contributed by atoms with E-state index >= 15 is 0 Å². The molecule has 0 radical (unpaired) electrons. The minimum Gasteiger partial charge on any atom is -0.376 e. The van der Waals surface area contributed by atoms with Crippen molar-refractivity contribution in [3.8, 4) is 0 Å². The number of nitrogens with zero attached hydrogens (tertiary/aromatic N) is 1. The van der Waals surface area contributed by atoms with Crippen molar-refractivity contribution < 1.29 is 23.1 Å². The maximum absolute atomic E-state index is 13.1. The Morgan fingerprint density at radius 1 is 1.36 bits per heavy atom. The highest BCUT2D eigenvalue weighted by molar-refractivity contribution is 5.94. The highest BCUT2D eigenvalue weighted by Gasteiger charge is 2.22. The van der Waals surface area contributed by atoms with Crippen LogP contribution >= 0.6 is 0 Å². The van der Waals surface area contributed by atoms with E-state index in [0.717, 1.165) is 25.0 Å². The summed E-state index contributed by atoms with van der Waals surface area (Å²) in [7, 11) is 0. The number of benzene rings is 1. The van der Waals surface area contributed by atoms with Gasteiger partial charge in [0.15, 0.2) is 11.6 Å². The zero-order chi connectivity index (χ0) is 16.1. The molecule has 2 rings (SSSR count). The molecule has 1 unspecified atom stereocenters. The molecule has 2 amide bonds. The van der Waals surface area contributed by atoms with Gasteiger partial charge in [0.25, 0.3) is 0 Å². The predicted molar refractivity (Wildman–Crippen MR) is 76.2 cm³/mol. The maximum atomic E-state index is 13.1. The van der Waals surface area contributed by atoms with Crippen molar-refractivity contribution in [3.63, 3.8) is 0 Å². The van der Waals surface area contributed by atoms with Gasteiger partial charge in [0, 0.05) is 31.8 Å². The van der Waals surface area contributed by atoms with Crippen molar-refractivity contribution in [2.24, 2.45) is 0 Å². The molecule has 0 bridgehead atoms. The number of carbonyl (C=O) groups is 2. The third-order valence-electron chi connectivity index (χ3n) is 3.43. The topological polar surface area (TPSA) is 58.6 Å². The van der Waals surface area contributed by atoms with Crippen LogP contribution in [0.3, 0.4) is 0 Å². The number of anilines is 1. The Hall–Kier alpha value is -2.02. The van der Waals surface area contributed by atoms with Crippen molar-refractivity contribution >= 4 is 17.5 Å². The Morgan fingerprint density at radius 3 is 2.73 bits per heavy atom. The molecule has 7 heteroatoms. The Kier molecular flexibility index (Phi) is 5.43. The van der Waals surface area contributed by atoms with Crippen LogP contribution in [0.25, 0.3) is 0 Å². The summed E-state index contributed by atoms with van der Waals surface area (Å²) in [6, 6.07) is 3.08. The molecular formula is C15H18F2N2O3. The van der Waals surface area contributed by atoms with Crippen LogP contribution in [-0.4, -0.2) is 42.5 Å². The minimum absolute atomic E-state index is 0.0556. The lowest BCUT2D eigenvalue weighted by Crippen LogP contribution is -2.41. The monoisotopic (exact) mass is 312 g/mol. The van der Waals surface area contributed by atoms with Gasteiger partial charge >= 0.3 is 0 Å². The van der Waals surface area contributed by atoms with Crippen LogP contribution in [-0.2, 0) is 14.3 Å². The second-order valence-electron chi connectivity index (χ2n) is 5.21. The van der Waals surface area contributed by atoms with E-state index in [9.17, 15) is 18.4 Å². The van der Waals surface area contributed by atoms with Crippen molar-refractivity contribution in [1.82, 2.24) is 4.90 Å². The number of carbonyl (C=O) groups excluding carboxylic acids is 2. The molecule has 0 spiro atoms. The number of hydrogen-bond donors (Lipinski definition) is 1. The van der Waals surface area contributed by atoms with Crippen LogP contribution in [0.2, 0.25) is 0 Å². The number of amides is 2. The van der Waals surface area contributed by atoms with Gasteiger partial charge in [0.05, 0.1) is 12.6 Å². The fourth-order valence-corrected chi connectivity index (χ4v) is 2.29. The second-order valence-corrected chi connectivity index (χ2v) is 5.21. The largest absolute Gasteiger partial charge is 0.376 e. The molecule has 0 aromatic heterocycles. The van der Waals surface area contributed by atoms with E-state index in [4.69, 9.17) is 4.74 Å². The first-order valence-corrected chi connectivity index (χ1v) is 7.07. The molecule has 1 aromatic rings. The summed E-state index contributed by atoms with van der Waals surface area (Å²) in [5, 5.41) is 2.44. The number of ether oxygens (including phenoxy) is 1. The predicted octanol–water partition coefficient (Wildman–Crippen LogP) is 1.93. The van der Waals surface area contributed by atoms with Gasteiger partial charge in [0.2, 0.25) is 11.8 Å². The molecule has 120 valence electrons. The van der Waals surface area contributed by atoms with E-state index in [1.54, 1.807) is 0 Å². The van der Waals surface area contributed by atoms with Crippen LogP contribution in [0.4, 0.5) is 14.5 Å². The van der Waals surface area contributed by atoms with Crippen molar-refractivity contribution in [2.75, 3.05) is 25.0 Å². The maximum Gasteiger partial charge on any atom is 0.243 e. The Labute approximate surface area is 127 Å². The van der Waals surface area contributed by atoms with Gasteiger partial charge in [-0.25, -0.2) is 8.78 Å². The zero-order valence-corrected chi connectivity index (χ0v) is 12.3. The SMILES string of the molecule is CC(=O)N(CC(=O)Nc1ccc(F)c(F)c1)CC1CCCO1. The normalized spacial score (nSPS) is 17.3. The van der Waals surface area contributed by atoms with Crippen LogP contribution < -0.4 is 5.32 Å². The molecular weight excluding hydrogens is 294 g/mol. The van der Waals surface area contributed by atoms with Gasteiger partial charge in [-0.3, -0.25) is 9.59 Å². The molecule has 1 aromatic carbocycles. The first-order valence-electron chi connectivity index (χ1n) is 7.07. The molecule has 1 atom stereocenters. The van der Waals surface area contributed by atoms with Gasteiger partial charge in [0.1, 0.15) is 0 Å². The van der Waals surface area contributed by atoms with Crippen LogP contribution in [0, 0.1) is 11.6 Å². The van der Waals surface area contributed by atoms with Gasteiger partial charge in [-0.1, -0.05) is 0 Å². The van der Waals surface area contributed by atoms with Crippen LogP contribution in [0.1, 0.15) is 19.8 Å². The van der Waals surface area contributed by atoms with E-state index < -0.39 is 17.5 Å². The molecule has 1 saturated heterocycles. The quantitative estimate of drug-likeness (QED) is 0.904. The number of nitrogens with one attached hydrogen (secondary N) is 1. The lowest BCUT2D eigenvalue weighted by atomic mass is 10.2. The van der Waals surface area contributed by atoms with Crippen LogP contribution in [0.15, 0.2) is 18.2 Å². The van der Waals surface area contributed by atoms with Crippen molar-refractivity contribution in [2.45, 2.75) is 25.9 Å². The van der Waals surface area contributed by atoms with E-state index in [1.807, 2.05) is 0 Å². The number of halogens is 2. The highest BCUT2D eigenvalue weighted by Crippen LogP contribution is 2.15. The average Bonchev–Trinajstić information content (AvgIpc) is 2.95. The number of rotatable bonds is 5. The van der Waals surface area contributed by atoms with Crippen LogP contribution in [0.5, 0.6) is 0 Å². The van der Waals surface area contributed by atoms with Gasteiger partial charge in [-0.15, -0.1) is 0 Å². The molecule has 1 aliphatic heterocycles. The number of hydrogen-bond acceptors (Lipinski definition) is 3. The third-order valence-corrected chi connectivity index (χ3v) is 3.43. The smallest absolute Gasteiger partial charge is 0.243 e. The van der Waals surface area contributed by atoms with Gasteiger partial charge < -0.3 is 15.0 Å². The Balaban J connectivity index is 1.92. The first-order chi connectivity index (χ1) is 10.5. The third kappa shape index (κ3) is 4.49. The summed E-state index contributed by atoms with van der Waals surface area (Å²) in [5.41, 5.74) is 0.143. The first kappa shape index (κ1) is 16.4. The minimum atomic E-state index is -1.04. The molecule has 1 aliphatic rings. The average molecular weight is 312 g/mol. The zero-order valence-electron chi connectivity index (χ0n) is 12.3. The lowest BCUT2D eigenvalue weighted by Gasteiger charge is -2.23. The summed E-state index contributed by atoms with van der Waals surface area (Å²) < 4.78 is 31.4. The molecule has 1 heterocycles. The highest BCUT2D eigenvalue weighted by atomic mass is 19.2. The summed E-state index contributed by atoms with van der Waals surface area (Å²) in [4.78, 5) is 24.9. The van der Waals surface area contributed by atoms with E-state index in [-0.39, 0.29) is 24.2 Å². The molecule has 5 nitrogen and oxygen atoms in total. The Bertz CT molecular complexity index is 560. The van der Waals surface area contributed by atoms with Gasteiger partial charge in [-0.05, 0) is 25.0 Å². The summed E-state index contributed by atoms with van der Waals surface area (Å²) in [6.45, 7) is 2.23. The van der Waals surface area contributed by atoms with E-state index in [1.165, 1.54) is 17.9 Å². The molecule has 0 saturated carbocycles. The van der Waals surface area contributed by atoms with Crippen molar-refractivity contribution in [1.29, 1.82) is 0 Å². The fraction of sp³-hybridized carbons (Fsp3) is 0.467. The molecule has 1 fully saturated rings. The molecule has 22 heavy (non-hydrogen) atoms. The summed E-state index contributed by atoms with van der Waals surface area (Å²) >= 11 is 0. The summed E-state index contributed by atoms with van der Waals surface area (Å²) in [5.74, 6) is -2.74. The standard InChI is InChI=1S/C15H18F2N2O3/c1-10(20)19(8-12-3-2-6-22-12)9-15(21)18-11-4-5-13(16)14(17)7-11/h4-5,7,12H,2-3,6,8-9H2,1H3,(H,18,21). The van der Waals surface area contributed by atoms with E-state index in [0.29, 0.717) is 13.2 Å². The van der Waals surface area contributed by atoms with Gasteiger partial charge in [-0.2, -0.15) is 0 Å². The van der Waals surface area contributed by atoms with E-state index in [2.05, 4.69) is 5.32 Å². The lowest BCUT2D eigenvalue weighted by molar-refractivity contribution is -0.134. The molecule has 0 aliphatic carbocycles.